The Hall–Kier alpha value is -1.62. The van der Waals surface area contributed by atoms with Crippen molar-refractivity contribution in [1.82, 2.24) is 5.32 Å². The van der Waals surface area contributed by atoms with E-state index < -0.39 is 11.5 Å². The Morgan fingerprint density at radius 2 is 2.20 bits per heavy atom. The van der Waals surface area contributed by atoms with Crippen molar-refractivity contribution in [2.24, 2.45) is 0 Å². The van der Waals surface area contributed by atoms with Crippen LogP contribution in [0.15, 0.2) is 24.3 Å². The van der Waals surface area contributed by atoms with Crippen LogP contribution in [0.5, 0.6) is 0 Å². The van der Waals surface area contributed by atoms with E-state index in [1.165, 1.54) is 12.1 Å². The lowest BCUT2D eigenvalue weighted by Gasteiger charge is -2.27. The number of hydrogen-bond donors (Lipinski definition) is 2. The highest BCUT2D eigenvalue weighted by Crippen LogP contribution is 2.18. The number of anilines is 1. The SMILES string of the molecule is CCN(CCCC(C)(NC)C(=O)O)c1cccc(F)c1. The normalized spacial score (nSPS) is 13.8. The number of halogens is 1. The summed E-state index contributed by atoms with van der Waals surface area (Å²) in [5.41, 5.74) is -0.0876. The molecule has 4 nitrogen and oxygen atoms in total. The van der Waals surface area contributed by atoms with Crippen molar-refractivity contribution in [2.75, 3.05) is 25.0 Å². The van der Waals surface area contributed by atoms with E-state index in [1.54, 1.807) is 20.0 Å². The maximum absolute atomic E-state index is 13.2. The zero-order valence-corrected chi connectivity index (χ0v) is 12.3. The van der Waals surface area contributed by atoms with Gasteiger partial charge in [0.2, 0.25) is 0 Å². The van der Waals surface area contributed by atoms with Gasteiger partial charge in [0.15, 0.2) is 0 Å². The molecule has 20 heavy (non-hydrogen) atoms. The number of likely N-dealkylation sites (N-methyl/N-ethyl adjacent to an activating group) is 1. The zero-order chi connectivity index (χ0) is 15.2. The average Bonchev–Trinajstić information content (AvgIpc) is 2.43. The summed E-state index contributed by atoms with van der Waals surface area (Å²) < 4.78 is 13.2. The van der Waals surface area contributed by atoms with Crippen LogP contribution in [0.1, 0.15) is 26.7 Å². The fourth-order valence-corrected chi connectivity index (χ4v) is 2.10. The van der Waals surface area contributed by atoms with Gasteiger partial charge in [-0.25, -0.2) is 4.39 Å². The van der Waals surface area contributed by atoms with Crippen LogP contribution in [0.25, 0.3) is 0 Å². The van der Waals surface area contributed by atoms with Crippen LogP contribution in [0.2, 0.25) is 0 Å². The number of benzene rings is 1. The molecule has 0 saturated heterocycles. The Kier molecular flexibility index (Phi) is 5.95. The average molecular weight is 282 g/mol. The van der Waals surface area contributed by atoms with Crippen LogP contribution in [-0.2, 0) is 4.79 Å². The summed E-state index contributed by atoms with van der Waals surface area (Å²) in [6, 6.07) is 6.46. The second-order valence-electron chi connectivity index (χ2n) is 5.05. The second-order valence-corrected chi connectivity index (χ2v) is 5.05. The van der Waals surface area contributed by atoms with E-state index in [2.05, 4.69) is 5.32 Å². The molecule has 1 aromatic carbocycles. The monoisotopic (exact) mass is 282 g/mol. The molecule has 0 aliphatic heterocycles. The quantitative estimate of drug-likeness (QED) is 0.769. The first-order valence-corrected chi connectivity index (χ1v) is 6.85. The number of aliphatic carboxylic acids is 1. The first-order chi connectivity index (χ1) is 9.42. The summed E-state index contributed by atoms with van der Waals surface area (Å²) in [5, 5.41) is 12.0. The number of rotatable bonds is 8. The van der Waals surface area contributed by atoms with Gasteiger partial charge < -0.3 is 15.3 Å². The van der Waals surface area contributed by atoms with E-state index in [0.717, 1.165) is 12.2 Å². The molecule has 112 valence electrons. The Morgan fingerprint density at radius 3 is 2.70 bits per heavy atom. The van der Waals surface area contributed by atoms with Crippen molar-refractivity contribution in [3.05, 3.63) is 30.1 Å². The molecule has 0 heterocycles. The third-order valence-corrected chi connectivity index (χ3v) is 3.68. The minimum Gasteiger partial charge on any atom is -0.480 e. The number of carboxylic acids is 1. The van der Waals surface area contributed by atoms with E-state index in [-0.39, 0.29) is 5.82 Å². The predicted molar refractivity (Wildman–Crippen MR) is 78.6 cm³/mol. The molecule has 0 aromatic heterocycles. The van der Waals surface area contributed by atoms with Crippen LogP contribution < -0.4 is 10.2 Å². The molecule has 0 amide bonds. The minimum absolute atomic E-state index is 0.258. The van der Waals surface area contributed by atoms with Crippen LogP contribution in [-0.4, -0.2) is 36.8 Å². The molecule has 0 bridgehead atoms. The van der Waals surface area contributed by atoms with Gasteiger partial charge in [0.1, 0.15) is 11.4 Å². The van der Waals surface area contributed by atoms with Gasteiger partial charge in [-0.15, -0.1) is 0 Å². The molecule has 1 rings (SSSR count). The van der Waals surface area contributed by atoms with Crippen LogP contribution in [0.3, 0.4) is 0 Å². The van der Waals surface area contributed by atoms with Gasteiger partial charge in [-0.3, -0.25) is 4.79 Å². The molecule has 0 fully saturated rings. The van der Waals surface area contributed by atoms with Gasteiger partial charge in [0.05, 0.1) is 0 Å². The maximum Gasteiger partial charge on any atom is 0.323 e. The Balaban J connectivity index is 2.60. The van der Waals surface area contributed by atoms with E-state index in [9.17, 15) is 14.3 Å². The highest BCUT2D eigenvalue weighted by molar-refractivity contribution is 5.78. The van der Waals surface area contributed by atoms with Gasteiger partial charge in [0.25, 0.3) is 0 Å². The van der Waals surface area contributed by atoms with Crippen molar-refractivity contribution >= 4 is 11.7 Å². The molecule has 2 N–H and O–H groups in total. The van der Waals surface area contributed by atoms with Gasteiger partial charge in [0, 0.05) is 18.8 Å². The third-order valence-electron chi connectivity index (χ3n) is 3.68. The molecular formula is C15H23FN2O2. The van der Waals surface area contributed by atoms with Gasteiger partial charge >= 0.3 is 5.97 Å². The second kappa shape index (κ2) is 7.24. The van der Waals surface area contributed by atoms with Crippen LogP contribution in [0.4, 0.5) is 10.1 Å². The maximum atomic E-state index is 13.2. The van der Waals surface area contributed by atoms with Crippen molar-refractivity contribution in [3.8, 4) is 0 Å². The van der Waals surface area contributed by atoms with E-state index in [0.29, 0.717) is 19.4 Å². The summed E-state index contributed by atoms with van der Waals surface area (Å²) in [4.78, 5) is 13.2. The standard InChI is InChI=1S/C15H23FN2O2/c1-4-18(13-8-5-7-12(16)11-13)10-6-9-15(2,17-3)14(19)20/h5,7-8,11,17H,4,6,9-10H2,1-3H3,(H,19,20). The predicted octanol–water partition coefficient (Wildman–Crippen LogP) is 2.49. The first-order valence-electron chi connectivity index (χ1n) is 6.85. The molecule has 0 spiro atoms. The molecule has 5 heteroatoms. The molecule has 0 aliphatic carbocycles. The lowest BCUT2D eigenvalue weighted by atomic mass is 9.96. The summed E-state index contributed by atoms with van der Waals surface area (Å²) in [7, 11) is 1.65. The summed E-state index contributed by atoms with van der Waals surface area (Å²) in [5.74, 6) is -1.11. The van der Waals surface area contributed by atoms with Crippen LogP contribution in [0, 0.1) is 5.82 Å². The Morgan fingerprint density at radius 1 is 1.50 bits per heavy atom. The number of nitrogens with one attached hydrogen (secondary N) is 1. The molecule has 1 aromatic rings. The lowest BCUT2D eigenvalue weighted by Crippen LogP contribution is -2.47. The fraction of sp³-hybridized carbons (Fsp3) is 0.533. The van der Waals surface area contributed by atoms with Gasteiger partial charge in [-0.1, -0.05) is 6.07 Å². The summed E-state index contributed by atoms with van der Waals surface area (Å²) in [6.07, 6.45) is 1.23. The first kappa shape index (κ1) is 16.4. The van der Waals surface area contributed by atoms with E-state index in [1.807, 2.05) is 17.9 Å². The minimum atomic E-state index is -0.915. The Labute approximate surface area is 119 Å². The summed E-state index contributed by atoms with van der Waals surface area (Å²) in [6.45, 7) is 5.13. The lowest BCUT2D eigenvalue weighted by molar-refractivity contribution is -0.144. The molecule has 1 unspecified atom stereocenters. The highest BCUT2D eigenvalue weighted by Gasteiger charge is 2.30. The van der Waals surface area contributed by atoms with E-state index in [4.69, 9.17) is 0 Å². The highest BCUT2D eigenvalue weighted by atomic mass is 19.1. The summed E-state index contributed by atoms with van der Waals surface area (Å²) >= 11 is 0. The fourth-order valence-electron chi connectivity index (χ4n) is 2.10. The van der Waals surface area contributed by atoms with Crippen LogP contribution >= 0.6 is 0 Å². The number of hydrogen-bond acceptors (Lipinski definition) is 3. The van der Waals surface area contributed by atoms with Crippen molar-refractivity contribution < 1.29 is 14.3 Å². The van der Waals surface area contributed by atoms with Crippen molar-refractivity contribution in [1.29, 1.82) is 0 Å². The van der Waals surface area contributed by atoms with Gasteiger partial charge in [-0.05, 0) is 51.9 Å². The smallest absolute Gasteiger partial charge is 0.323 e. The topological polar surface area (TPSA) is 52.6 Å². The molecule has 0 saturated carbocycles. The molecular weight excluding hydrogens is 259 g/mol. The third kappa shape index (κ3) is 4.20. The number of carbonyl (C=O) groups is 1. The Bertz CT molecular complexity index is 453. The molecule has 0 radical (unpaired) electrons. The molecule has 1 atom stereocenters. The van der Waals surface area contributed by atoms with Crippen molar-refractivity contribution in [2.45, 2.75) is 32.2 Å². The zero-order valence-electron chi connectivity index (χ0n) is 12.3. The van der Waals surface area contributed by atoms with Gasteiger partial charge in [-0.2, -0.15) is 0 Å². The number of carboxylic acid groups (broad SMARTS) is 1. The largest absolute Gasteiger partial charge is 0.480 e. The number of nitrogens with zero attached hydrogens (tertiary/aromatic N) is 1. The van der Waals surface area contributed by atoms with Crippen molar-refractivity contribution in [3.63, 3.8) is 0 Å². The van der Waals surface area contributed by atoms with E-state index >= 15 is 0 Å². The molecule has 0 aliphatic rings.